The van der Waals surface area contributed by atoms with Crippen molar-refractivity contribution in [3.05, 3.63) is 29.3 Å². The smallest absolute Gasteiger partial charge is 0.260 e. The standard InChI is InChI=1S/C22H32N2O3/c1-16-8-9-17(2)20(14-16)27-15-21(25)24-12-10-19(11-13-24)23-22(26)18-6-4-3-5-7-18/h8-9,14,18-19H,3-7,10-13,15H2,1-2H3,(H,23,26). The fourth-order valence-electron chi connectivity index (χ4n) is 4.05. The highest BCUT2D eigenvalue weighted by Crippen LogP contribution is 2.24. The molecule has 0 unspecified atom stereocenters. The quantitative estimate of drug-likeness (QED) is 0.862. The van der Waals surface area contributed by atoms with Crippen LogP contribution in [0.15, 0.2) is 18.2 Å². The van der Waals surface area contributed by atoms with Gasteiger partial charge in [-0.25, -0.2) is 0 Å². The SMILES string of the molecule is Cc1ccc(C)c(OCC(=O)N2CCC(NC(=O)C3CCCCC3)CC2)c1. The largest absolute Gasteiger partial charge is 0.483 e. The van der Waals surface area contributed by atoms with Gasteiger partial charge in [0.05, 0.1) is 0 Å². The summed E-state index contributed by atoms with van der Waals surface area (Å²) in [5.41, 5.74) is 2.16. The lowest BCUT2D eigenvalue weighted by Gasteiger charge is -2.33. The Morgan fingerprint density at radius 1 is 1.07 bits per heavy atom. The predicted molar refractivity (Wildman–Crippen MR) is 106 cm³/mol. The van der Waals surface area contributed by atoms with Gasteiger partial charge in [0.25, 0.3) is 5.91 Å². The Balaban J connectivity index is 1.41. The molecule has 0 bridgehead atoms. The van der Waals surface area contributed by atoms with Crippen molar-refractivity contribution in [3.8, 4) is 5.75 Å². The molecule has 27 heavy (non-hydrogen) atoms. The molecule has 148 valence electrons. The summed E-state index contributed by atoms with van der Waals surface area (Å²) in [6.07, 6.45) is 7.31. The molecule has 5 nitrogen and oxygen atoms in total. The lowest BCUT2D eigenvalue weighted by molar-refractivity contribution is -0.134. The monoisotopic (exact) mass is 372 g/mol. The van der Waals surface area contributed by atoms with Crippen molar-refractivity contribution in [2.45, 2.75) is 64.8 Å². The summed E-state index contributed by atoms with van der Waals surface area (Å²) in [6.45, 7) is 5.44. The number of likely N-dealkylation sites (tertiary alicyclic amines) is 1. The maximum atomic E-state index is 12.5. The van der Waals surface area contributed by atoms with E-state index in [4.69, 9.17) is 4.74 Å². The van der Waals surface area contributed by atoms with Crippen LogP contribution in [0.25, 0.3) is 0 Å². The minimum Gasteiger partial charge on any atom is -0.483 e. The zero-order chi connectivity index (χ0) is 19.2. The molecule has 1 aliphatic heterocycles. The summed E-state index contributed by atoms with van der Waals surface area (Å²) in [5, 5.41) is 3.21. The first-order chi connectivity index (χ1) is 13.0. The molecule has 1 saturated carbocycles. The van der Waals surface area contributed by atoms with E-state index < -0.39 is 0 Å². The first-order valence-electron chi connectivity index (χ1n) is 10.3. The second kappa shape index (κ2) is 9.25. The normalized spacial score (nSPS) is 19.0. The van der Waals surface area contributed by atoms with E-state index in [1.807, 2.05) is 36.9 Å². The summed E-state index contributed by atoms with van der Waals surface area (Å²) in [5.74, 6) is 1.22. The molecule has 0 atom stereocenters. The highest BCUT2D eigenvalue weighted by atomic mass is 16.5. The van der Waals surface area contributed by atoms with Gasteiger partial charge in [-0.1, -0.05) is 31.4 Å². The third kappa shape index (κ3) is 5.47. The molecule has 1 heterocycles. The van der Waals surface area contributed by atoms with Crippen LogP contribution in [0.5, 0.6) is 5.75 Å². The molecular formula is C22H32N2O3. The molecule has 1 aromatic carbocycles. The van der Waals surface area contributed by atoms with E-state index in [9.17, 15) is 9.59 Å². The number of piperidine rings is 1. The van der Waals surface area contributed by atoms with Crippen LogP contribution in [0.4, 0.5) is 0 Å². The van der Waals surface area contributed by atoms with Crippen molar-refractivity contribution in [2.24, 2.45) is 5.92 Å². The van der Waals surface area contributed by atoms with E-state index >= 15 is 0 Å². The molecule has 0 radical (unpaired) electrons. The van der Waals surface area contributed by atoms with Crippen molar-refractivity contribution < 1.29 is 14.3 Å². The van der Waals surface area contributed by atoms with Crippen molar-refractivity contribution in [1.82, 2.24) is 10.2 Å². The van der Waals surface area contributed by atoms with Crippen LogP contribution >= 0.6 is 0 Å². The Labute approximate surface area is 162 Å². The molecule has 3 rings (SSSR count). The lowest BCUT2D eigenvalue weighted by Crippen LogP contribution is -2.48. The Morgan fingerprint density at radius 2 is 1.78 bits per heavy atom. The highest BCUT2D eigenvalue weighted by Gasteiger charge is 2.27. The van der Waals surface area contributed by atoms with Crippen molar-refractivity contribution >= 4 is 11.8 Å². The summed E-state index contributed by atoms with van der Waals surface area (Å²) >= 11 is 0. The van der Waals surface area contributed by atoms with Gasteiger partial charge in [-0.2, -0.15) is 0 Å². The number of rotatable bonds is 5. The predicted octanol–water partition coefficient (Wildman–Crippen LogP) is 3.37. The Morgan fingerprint density at radius 3 is 2.48 bits per heavy atom. The number of aryl methyl sites for hydroxylation is 2. The van der Waals surface area contributed by atoms with E-state index in [-0.39, 0.29) is 30.4 Å². The topological polar surface area (TPSA) is 58.6 Å². The number of hydrogen-bond acceptors (Lipinski definition) is 3. The van der Waals surface area contributed by atoms with Gasteiger partial charge in [-0.3, -0.25) is 9.59 Å². The number of hydrogen-bond donors (Lipinski definition) is 1. The first-order valence-corrected chi connectivity index (χ1v) is 10.3. The molecule has 1 aromatic rings. The number of carbonyl (C=O) groups excluding carboxylic acids is 2. The van der Waals surface area contributed by atoms with Crippen molar-refractivity contribution in [3.63, 3.8) is 0 Å². The van der Waals surface area contributed by atoms with Crippen LogP contribution in [0.2, 0.25) is 0 Å². The van der Waals surface area contributed by atoms with Gasteiger partial charge in [0.2, 0.25) is 5.91 Å². The Bertz CT molecular complexity index is 660. The second-order valence-corrected chi connectivity index (χ2v) is 8.06. The highest BCUT2D eigenvalue weighted by molar-refractivity contribution is 5.79. The fourth-order valence-corrected chi connectivity index (χ4v) is 4.05. The van der Waals surface area contributed by atoms with Crippen molar-refractivity contribution in [2.75, 3.05) is 19.7 Å². The maximum Gasteiger partial charge on any atom is 0.260 e. The Kier molecular flexibility index (Phi) is 6.75. The molecule has 2 aliphatic rings. The minimum atomic E-state index is 0.0213. The molecule has 1 saturated heterocycles. The van der Waals surface area contributed by atoms with Crippen LogP contribution in [-0.2, 0) is 9.59 Å². The van der Waals surface area contributed by atoms with Gasteiger partial charge in [0, 0.05) is 25.0 Å². The molecular weight excluding hydrogens is 340 g/mol. The molecule has 1 N–H and O–H groups in total. The molecule has 0 spiro atoms. The number of nitrogens with zero attached hydrogens (tertiary/aromatic N) is 1. The molecule has 5 heteroatoms. The van der Waals surface area contributed by atoms with Crippen LogP contribution in [0.1, 0.15) is 56.1 Å². The van der Waals surface area contributed by atoms with Crippen LogP contribution < -0.4 is 10.1 Å². The molecule has 2 fully saturated rings. The van der Waals surface area contributed by atoms with Crippen molar-refractivity contribution in [1.29, 1.82) is 0 Å². The van der Waals surface area contributed by atoms with Crippen LogP contribution in [0.3, 0.4) is 0 Å². The number of nitrogens with one attached hydrogen (secondary N) is 1. The van der Waals surface area contributed by atoms with Crippen LogP contribution in [-0.4, -0.2) is 42.5 Å². The van der Waals surface area contributed by atoms with Gasteiger partial charge in [0.1, 0.15) is 5.75 Å². The van der Waals surface area contributed by atoms with Crippen LogP contribution in [0, 0.1) is 19.8 Å². The fraction of sp³-hybridized carbons (Fsp3) is 0.636. The summed E-state index contributed by atoms with van der Waals surface area (Å²) in [7, 11) is 0. The van der Waals surface area contributed by atoms with Gasteiger partial charge in [-0.05, 0) is 56.7 Å². The third-order valence-corrected chi connectivity index (χ3v) is 5.86. The summed E-state index contributed by atoms with van der Waals surface area (Å²) in [4.78, 5) is 26.7. The van der Waals surface area contributed by atoms with Gasteiger partial charge >= 0.3 is 0 Å². The van der Waals surface area contributed by atoms with Gasteiger partial charge in [0.15, 0.2) is 6.61 Å². The van der Waals surface area contributed by atoms with Gasteiger partial charge < -0.3 is 15.0 Å². The zero-order valence-corrected chi connectivity index (χ0v) is 16.6. The first kappa shape index (κ1) is 19.7. The number of amides is 2. The average Bonchev–Trinajstić information content (AvgIpc) is 2.69. The lowest BCUT2D eigenvalue weighted by atomic mass is 9.88. The van der Waals surface area contributed by atoms with E-state index in [0.29, 0.717) is 13.1 Å². The van der Waals surface area contributed by atoms with Gasteiger partial charge in [-0.15, -0.1) is 0 Å². The molecule has 0 aromatic heterocycles. The number of benzene rings is 1. The minimum absolute atomic E-state index is 0.0213. The zero-order valence-electron chi connectivity index (χ0n) is 16.6. The maximum absolute atomic E-state index is 12.5. The number of carbonyl (C=O) groups is 2. The van der Waals surface area contributed by atoms with E-state index in [0.717, 1.165) is 42.6 Å². The van der Waals surface area contributed by atoms with E-state index in [1.165, 1.54) is 19.3 Å². The average molecular weight is 373 g/mol. The molecule has 2 amide bonds. The summed E-state index contributed by atoms with van der Waals surface area (Å²) < 4.78 is 5.74. The van der Waals surface area contributed by atoms with E-state index in [1.54, 1.807) is 0 Å². The third-order valence-electron chi connectivity index (χ3n) is 5.86. The second-order valence-electron chi connectivity index (χ2n) is 8.06. The summed E-state index contributed by atoms with van der Waals surface area (Å²) in [6, 6.07) is 6.21. The Hall–Kier alpha value is -2.04. The molecule has 1 aliphatic carbocycles. The van der Waals surface area contributed by atoms with E-state index in [2.05, 4.69) is 5.32 Å². The number of ether oxygens (including phenoxy) is 1.